The molecule has 0 spiro atoms. The number of allylic oxidation sites excluding steroid dienone is 1. The van der Waals surface area contributed by atoms with Gasteiger partial charge in [-0.1, -0.05) is 30.3 Å². The van der Waals surface area contributed by atoms with Gasteiger partial charge in [0.25, 0.3) is 5.69 Å². The molecule has 29 heavy (non-hydrogen) atoms. The Bertz CT molecular complexity index is 1020. The lowest BCUT2D eigenvalue weighted by atomic mass is 10.1. The van der Waals surface area contributed by atoms with Crippen molar-refractivity contribution in [2.24, 2.45) is 0 Å². The summed E-state index contributed by atoms with van der Waals surface area (Å²) < 4.78 is 10.9. The highest BCUT2D eigenvalue weighted by Gasteiger charge is 2.10. The molecule has 0 aromatic heterocycles. The number of methoxy groups -OCH3 is 1. The fraction of sp³-hybridized carbons (Fsp3) is 0.0870. The Labute approximate surface area is 168 Å². The third-order valence-electron chi connectivity index (χ3n) is 4.24. The standard InChI is InChI=1S/C23H19NO5/c1-28-20-13-8-17(9-14-20)10-15-22(25)21-4-2-3-5-23(21)29-16-18-6-11-19(12-7-18)24(26)27/h2-15H,16H2,1H3. The van der Waals surface area contributed by atoms with Gasteiger partial charge >= 0.3 is 0 Å². The van der Waals surface area contributed by atoms with E-state index in [2.05, 4.69) is 0 Å². The van der Waals surface area contributed by atoms with Gasteiger partial charge in [0.2, 0.25) is 0 Å². The van der Waals surface area contributed by atoms with Crippen LogP contribution in [0.15, 0.2) is 78.9 Å². The van der Waals surface area contributed by atoms with E-state index in [1.54, 1.807) is 49.6 Å². The van der Waals surface area contributed by atoms with Crippen molar-refractivity contribution in [2.75, 3.05) is 7.11 Å². The molecule has 0 amide bonds. The van der Waals surface area contributed by atoms with Gasteiger partial charge in [-0.15, -0.1) is 0 Å². The molecule has 0 saturated heterocycles. The second-order valence-corrected chi connectivity index (χ2v) is 6.18. The van der Waals surface area contributed by atoms with Gasteiger partial charge in [0.05, 0.1) is 17.6 Å². The van der Waals surface area contributed by atoms with E-state index in [-0.39, 0.29) is 18.1 Å². The van der Waals surface area contributed by atoms with E-state index in [1.807, 2.05) is 24.3 Å². The topological polar surface area (TPSA) is 78.7 Å². The second kappa shape index (κ2) is 9.32. The van der Waals surface area contributed by atoms with Crippen LogP contribution in [0, 0.1) is 10.1 Å². The number of carbonyl (C=O) groups is 1. The molecule has 0 saturated carbocycles. The largest absolute Gasteiger partial charge is 0.497 e. The predicted octanol–water partition coefficient (Wildman–Crippen LogP) is 5.08. The lowest BCUT2D eigenvalue weighted by Crippen LogP contribution is -2.02. The van der Waals surface area contributed by atoms with E-state index in [0.717, 1.165) is 16.9 Å². The quantitative estimate of drug-likeness (QED) is 0.232. The number of hydrogen-bond acceptors (Lipinski definition) is 5. The van der Waals surface area contributed by atoms with Crippen molar-refractivity contribution in [1.82, 2.24) is 0 Å². The molecule has 3 aromatic rings. The molecule has 0 aliphatic rings. The first-order valence-electron chi connectivity index (χ1n) is 8.88. The highest BCUT2D eigenvalue weighted by Crippen LogP contribution is 2.22. The van der Waals surface area contributed by atoms with Gasteiger partial charge < -0.3 is 9.47 Å². The molecule has 0 heterocycles. The Morgan fingerprint density at radius 2 is 1.69 bits per heavy atom. The number of para-hydroxylation sites is 1. The van der Waals surface area contributed by atoms with Crippen LogP contribution in [0.4, 0.5) is 5.69 Å². The van der Waals surface area contributed by atoms with Crippen molar-refractivity contribution in [3.05, 3.63) is 106 Å². The number of hydrogen-bond donors (Lipinski definition) is 0. The molecule has 0 N–H and O–H groups in total. The normalized spacial score (nSPS) is 10.7. The molecular weight excluding hydrogens is 370 g/mol. The van der Waals surface area contributed by atoms with Gasteiger partial charge in [0.15, 0.2) is 5.78 Å². The van der Waals surface area contributed by atoms with E-state index in [4.69, 9.17) is 9.47 Å². The highest BCUT2D eigenvalue weighted by atomic mass is 16.6. The Hall–Kier alpha value is -3.93. The van der Waals surface area contributed by atoms with Crippen LogP contribution in [0.1, 0.15) is 21.5 Å². The predicted molar refractivity (Wildman–Crippen MR) is 110 cm³/mol. The Morgan fingerprint density at radius 3 is 2.34 bits per heavy atom. The molecule has 0 bridgehead atoms. The number of non-ortho nitro benzene ring substituents is 1. The van der Waals surface area contributed by atoms with Crippen LogP contribution in [0.25, 0.3) is 6.08 Å². The van der Waals surface area contributed by atoms with Crippen molar-refractivity contribution in [1.29, 1.82) is 0 Å². The maximum atomic E-state index is 12.6. The third kappa shape index (κ3) is 5.29. The first-order valence-corrected chi connectivity index (χ1v) is 8.88. The minimum absolute atomic E-state index is 0.0213. The van der Waals surface area contributed by atoms with Gasteiger partial charge in [-0.25, -0.2) is 0 Å². The van der Waals surface area contributed by atoms with Crippen molar-refractivity contribution < 1.29 is 19.2 Å². The summed E-state index contributed by atoms with van der Waals surface area (Å²) in [6.45, 7) is 0.199. The lowest BCUT2D eigenvalue weighted by Gasteiger charge is -2.09. The maximum absolute atomic E-state index is 12.6. The Balaban J connectivity index is 1.69. The summed E-state index contributed by atoms with van der Waals surface area (Å²) in [5.74, 6) is 1.02. The van der Waals surface area contributed by atoms with Crippen LogP contribution >= 0.6 is 0 Å². The molecule has 6 heteroatoms. The summed E-state index contributed by atoms with van der Waals surface area (Å²) in [4.78, 5) is 22.9. The van der Waals surface area contributed by atoms with Crippen LogP contribution in [0.5, 0.6) is 11.5 Å². The van der Waals surface area contributed by atoms with Gasteiger partial charge in [-0.3, -0.25) is 14.9 Å². The van der Waals surface area contributed by atoms with E-state index in [0.29, 0.717) is 11.3 Å². The average molecular weight is 389 g/mol. The molecule has 6 nitrogen and oxygen atoms in total. The summed E-state index contributed by atoms with van der Waals surface area (Å²) in [6, 6.07) is 20.5. The molecule has 3 rings (SSSR count). The summed E-state index contributed by atoms with van der Waals surface area (Å²) in [5.41, 5.74) is 2.11. The third-order valence-corrected chi connectivity index (χ3v) is 4.24. The summed E-state index contributed by atoms with van der Waals surface area (Å²) in [5, 5.41) is 10.7. The van der Waals surface area contributed by atoms with Gasteiger partial charge in [-0.2, -0.15) is 0 Å². The number of nitro groups is 1. The van der Waals surface area contributed by atoms with Gasteiger partial charge in [0, 0.05) is 12.1 Å². The number of carbonyl (C=O) groups excluding carboxylic acids is 1. The van der Waals surface area contributed by atoms with Crippen molar-refractivity contribution >= 4 is 17.5 Å². The molecule has 0 atom stereocenters. The molecule has 0 unspecified atom stereocenters. The molecule has 0 radical (unpaired) electrons. The zero-order valence-corrected chi connectivity index (χ0v) is 15.8. The Morgan fingerprint density at radius 1 is 1.00 bits per heavy atom. The number of ether oxygens (including phenoxy) is 2. The van der Waals surface area contributed by atoms with Crippen LogP contribution < -0.4 is 9.47 Å². The second-order valence-electron chi connectivity index (χ2n) is 6.18. The van der Waals surface area contributed by atoms with E-state index < -0.39 is 4.92 Å². The average Bonchev–Trinajstić information content (AvgIpc) is 2.77. The molecule has 0 fully saturated rings. The monoisotopic (exact) mass is 389 g/mol. The molecule has 146 valence electrons. The van der Waals surface area contributed by atoms with Crippen molar-refractivity contribution in [3.63, 3.8) is 0 Å². The number of rotatable bonds is 8. The van der Waals surface area contributed by atoms with Crippen molar-refractivity contribution in [3.8, 4) is 11.5 Å². The Kier molecular flexibility index (Phi) is 6.37. The van der Waals surface area contributed by atoms with Crippen LogP contribution in [0.3, 0.4) is 0 Å². The fourth-order valence-electron chi connectivity index (χ4n) is 2.65. The number of nitro benzene ring substituents is 1. The summed E-state index contributed by atoms with van der Waals surface area (Å²) in [6.07, 6.45) is 3.23. The molecule has 0 aliphatic carbocycles. The van der Waals surface area contributed by atoms with Crippen LogP contribution in [-0.4, -0.2) is 17.8 Å². The molecule has 0 aliphatic heterocycles. The van der Waals surface area contributed by atoms with Gasteiger partial charge in [-0.05, 0) is 53.6 Å². The first kappa shape index (κ1) is 19.8. The SMILES string of the molecule is COc1ccc(C=CC(=O)c2ccccc2OCc2ccc([N+](=O)[O-])cc2)cc1. The van der Waals surface area contributed by atoms with Gasteiger partial charge in [0.1, 0.15) is 18.1 Å². The zero-order valence-electron chi connectivity index (χ0n) is 15.8. The molecular formula is C23H19NO5. The van der Waals surface area contributed by atoms with Crippen molar-refractivity contribution in [2.45, 2.75) is 6.61 Å². The summed E-state index contributed by atoms with van der Waals surface area (Å²) in [7, 11) is 1.60. The minimum Gasteiger partial charge on any atom is -0.497 e. The zero-order chi connectivity index (χ0) is 20.6. The smallest absolute Gasteiger partial charge is 0.269 e. The van der Waals surface area contributed by atoms with Crippen LogP contribution in [0.2, 0.25) is 0 Å². The fourth-order valence-corrected chi connectivity index (χ4v) is 2.65. The number of benzene rings is 3. The van der Waals surface area contributed by atoms with E-state index >= 15 is 0 Å². The van der Waals surface area contributed by atoms with E-state index in [9.17, 15) is 14.9 Å². The maximum Gasteiger partial charge on any atom is 0.269 e. The minimum atomic E-state index is -0.451. The number of nitrogens with zero attached hydrogens (tertiary/aromatic N) is 1. The summed E-state index contributed by atoms with van der Waals surface area (Å²) >= 11 is 0. The molecule has 3 aromatic carbocycles. The van der Waals surface area contributed by atoms with Crippen LogP contribution in [-0.2, 0) is 6.61 Å². The number of ketones is 1. The highest BCUT2D eigenvalue weighted by molar-refractivity contribution is 6.08. The lowest BCUT2D eigenvalue weighted by molar-refractivity contribution is -0.384. The first-order chi connectivity index (χ1) is 14.1. The van der Waals surface area contributed by atoms with E-state index in [1.165, 1.54) is 18.2 Å².